The molecule has 2 aromatic heterocycles. The molecule has 1 fully saturated rings. The first-order chi connectivity index (χ1) is 14.3. The molecule has 29 heavy (non-hydrogen) atoms. The van der Waals surface area contributed by atoms with Gasteiger partial charge < -0.3 is 14.2 Å². The molecule has 4 aromatic rings. The maximum Gasteiger partial charge on any atom is 0.260 e. The van der Waals surface area contributed by atoms with Crippen molar-refractivity contribution < 1.29 is 14.1 Å². The SMILES string of the molecule is O=C(COc1ccc2ccccc2c1)N1CC(c2nc(-c3ccccn3)no2)C1. The lowest BCUT2D eigenvalue weighted by Crippen LogP contribution is -2.50. The number of nitrogens with zero attached hydrogens (tertiary/aromatic N) is 4. The van der Waals surface area contributed by atoms with Crippen LogP contribution >= 0.6 is 0 Å². The fourth-order valence-corrected chi connectivity index (χ4v) is 3.33. The molecule has 1 aliphatic heterocycles. The van der Waals surface area contributed by atoms with Crippen molar-refractivity contribution in [2.75, 3.05) is 19.7 Å². The van der Waals surface area contributed by atoms with Crippen LogP contribution in [0.15, 0.2) is 71.4 Å². The Balaban J connectivity index is 1.16. The lowest BCUT2D eigenvalue weighted by atomic mass is 10.0. The zero-order valence-electron chi connectivity index (χ0n) is 15.6. The summed E-state index contributed by atoms with van der Waals surface area (Å²) in [4.78, 5) is 22.7. The number of amides is 1. The number of rotatable bonds is 5. The first-order valence-corrected chi connectivity index (χ1v) is 9.41. The Morgan fingerprint density at radius 2 is 1.90 bits per heavy atom. The minimum absolute atomic E-state index is 0.00801. The Kier molecular flexibility index (Phi) is 4.40. The van der Waals surface area contributed by atoms with Crippen molar-refractivity contribution in [3.8, 4) is 17.3 Å². The van der Waals surface area contributed by atoms with Crippen molar-refractivity contribution in [1.29, 1.82) is 0 Å². The van der Waals surface area contributed by atoms with E-state index in [2.05, 4.69) is 15.1 Å². The van der Waals surface area contributed by atoms with Crippen LogP contribution in [0.1, 0.15) is 11.8 Å². The van der Waals surface area contributed by atoms with Crippen molar-refractivity contribution in [2.45, 2.75) is 5.92 Å². The Morgan fingerprint density at radius 3 is 2.72 bits per heavy atom. The fourth-order valence-electron chi connectivity index (χ4n) is 3.33. The lowest BCUT2D eigenvalue weighted by Gasteiger charge is -2.36. The van der Waals surface area contributed by atoms with Crippen molar-refractivity contribution in [1.82, 2.24) is 20.0 Å². The lowest BCUT2D eigenvalue weighted by molar-refractivity contribution is -0.138. The number of ether oxygens (including phenoxy) is 1. The summed E-state index contributed by atoms with van der Waals surface area (Å²) in [5.74, 6) is 1.67. The number of likely N-dealkylation sites (tertiary alicyclic amines) is 1. The summed E-state index contributed by atoms with van der Waals surface area (Å²) in [5, 5.41) is 6.21. The Labute approximate surface area is 166 Å². The van der Waals surface area contributed by atoms with E-state index < -0.39 is 0 Å². The summed E-state index contributed by atoms with van der Waals surface area (Å²) >= 11 is 0. The van der Waals surface area contributed by atoms with Crippen molar-refractivity contribution in [2.24, 2.45) is 0 Å². The van der Waals surface area contributed by atoms with E-state index in [9.17, 15) is 4.79 Å². The van der Waals surface area contributed by atoms with Crippen molar-refractivity contribution >= 4 is 16.7 Å². The number of carbonyl (C=O) groups is 1. The summed E-state index contributed by atoms with van der Waals surface area (Å²) in [6, 6.07) is 19.4. The van der Waals surface area contributed by atoms with Crippen LogP contribution in [0.4, 0.5) is 0 Å². The van der Waals surface area contributed by atoms with Crippen LogP contribution in [0.5, 0.6) is 5.75 Å². The van der Waals surface area contributed by atoms with Crippen LogP contribution in [0.25, 0.3) is 22.3 Å². The van der Waals surface area contributed by atoms with E-state index in [1.807, 2.05) is 60.7 Å². The van der Waals surface area contributed by atoms with Gasteiger partial charge in [0.1, 0.15) is 11.4 Å². The number of carbonyl (C=O) groups excluding carboxylic acids is 1. The molecule has 0 radical (unpaired) electrons. The second kappa shape index (κ2) is 7.35. The number of benzene rings is 2. The zero-order valence-corrected chi connectivity index (χ0v) is 15.6. The third-order valence-corrected chi connectivity index (χ3v) is 5.00. The number of hydrogen-bond donors (Lipinski definition) is 0. The molecule has 0 unspecified atom stereocenters. The highest BCUT2D eigenvalue weighted by atomic mass is 16.5. The third-order valence-electron chi connectivity index (χ3n) is 5.00. The minimum atomic E-state index is -0.0566. The molecule has 7 nitrogen and oxygen atoms in total. The van der Waals surface area contributed by atoms with E-state index in [1.54, 1.807) is 11.1 Å². The van der Waals surface area contributed by atoms with Crippen LogP contribution in [0.3, 0.4) is 0 Å². The molecule has 1 saturated heterocycles. The molecule has 5 rings (SSSR count). The molecular weight excluding hydrogens is 368 g/mol. The smallest absolute Gasteiger partial charge is 0.260 e. The molecule has 1 amide bonds. The van der Waals surface area contributed by atoms with Gasteiger partial charge in [-0.25, -0.2) is 0 Å². The standard InChI is InChI=1S/C22H18N4O3/c27-20(14-28-18-9-8-15-5-1-2-6-16(15)11-18)26-12-17(13-26)22-24-21(25-29-22)19-7-3-4-10-23-19/h1-11,17H,12-14H2. The van der Waals surface area contributed by atoms with Crippen LogP contribution in [0.2, 0.25) is 0 Å². The van der Waals surface area contributed by atoms with Gasteiger partial charge in [0.25, 0.3) is 5.91 Å². The highest BCUT2D eigenvalue weighted by Gasteiger charge is 2.35. The molecule has 0 saturated carbocycles. The maximum absolute atomic E-state index is 12.4. The minimum Gasteiger partial charge on any atom is -0.484 e. The highest BCUT2D eigenvalue weighted by Crippen LogP contribution is 2.27. The Morgan fingerprint density at radius 1 is 1.07 bits per heavy atom. The maximum atomic E-state index is 12.4. The van der Waals surface area contributed by atoms with E-state index in [0.29, 0.717) is 36.2 Å². The van der Waals surface area contributed by atoms with Crippen LogP contribution in [-0.4, -0.2) is 45.6 Å². The van der Waals surface area contributed by atoms with E-state index in [-0.39, 0.29) is 18.4 Å². The molecule has 1 aliphatic rings. The number of hydrogen-bond acceptors (Lipinski definition) is 6. The van der Waals surface area contributed by atoms with Gasteiger partial charge in [0.15, 0.2) is 6.61 Å². The second-order valence-electron chi connectivity index (χ2n) is 6.96. The quantitative estimate of drug-likeness (QED) is 0.524. The zero-order chi connectivity index (χ0) is 19.6. The van der Waals surface area contributed by atoms with Crippen molar-refractivity contribution in [3.05, 3.63) is 72.8 Å². The predicted molar refractivity (Wildman–Crippen MR) is 106 cm³/mol. The van der Waals surface area contributed by atoms with Gasteiger partial charge in [-0.2, -0.15) is 4.98 Å². The molecule has 0 spiro atoms. The van der Waals surface area contributed by atoms with Gasteiger partial charge in [-0.3, -0.25) is 9.78 Å². The third kappa shape index (κ3) is 3.54. The number of fused-ring (bicyclic) bond motifs is 1. The van der Waals surface area contributed by atoms with Gasteiger partial charge in [-0.15, -0.1) is 0 Å². The van der Waals surface area contributed by atoms with Crippen LogP contribution in [0, 0.1) is 0 Å². The van der Waals surface area contributed by atoms with Gasteiger partial charge in [0.05, 0.1) is 5.92 Å². The average molecular weight is 386 g/mol. The van der Waals surface area contributed by atoms with Crippen LogP contribution < -0.4 is 4.74 Å². The monoisotopic (exact) mass is 386 g/mol. The van der Waals surface area contributed by atoms with Gasteiger partial charge in [-0.1, -0.05) is 41.6 Å². The van der Waals surface area contributed by atoms with E-state index >= 15 is 0 Å². The normalized spacial score (nSPS) is 14.0. The summed E-state index contributed by atoms with van der Waals surface area (Å²) in [5.41, 5.74) is 0.665. The first-order valence-electron chi connectivity index (χ1n) is 9.41. The first kappa shape index (κ1) is 17.4. The Bertz CT molecular complexity index is 1150. The van der Waals surface area contributed by atoms with Gasteiger partial charge in [0, 0.05) is 19.3 Å². The molecule has 0 bridgehead atoms. The second-order valence-corrected chi connectivity index (χ2v) is 6.96. The summed E-state index contributed by atoms with van der Waals surface area (Å²) in [6.45, 7) is 1.10. The molecule has 2 aromatic carbocycles. The molecule has 144 valence electrons. The van der Waals surface area contributed by atoms with E-state index in [4.69, 9.17) is 9.26 Å². The molecule has 0 atom stereocenters. The molecule has 7 heteroatoms. The molecule has 3 heterocycles. The number of pyridine rings is 1. The average Bonchev–Trinajstić information content (AvgIpc) is 3.21. The van der Waals surface area contributed by atoms with Gasteiger partial charge >= 0.3 is 0 Å². The van der Waals surface area contributed by atoms with E-state index in [0.717, 1.165) is 10.8 Å². The van der Waals surface area contributed by atoms with Crippen molar-refractivity contribution in [3.63, 3.8) is 0 Å². The van der Waals surface area contributed by atoms with Crippen LogP contribution in [-0.2, 0) is 4.79 Å². The van der Waals surface area contributed by atoms with Gasteiger partial charge in [0.2, 0.25) is 11.7 Å². The van der Waals surface area contributed by atoms with E-state index in [1.165, 1.54) is 0 Å². The summed E-state index contributed by atoms with van der Waals surface area (Å²) < 4.78 is 11.0. The number of aromatic nitrogens is 3. The van der Waals surface area contributed by atoms with Gasteiger partial charge in [-0.05, 0) is 35.0 Å². The fraction of sp³-hybridized carbons (Fsp3) is 0.182. The topological polar surface area (TPSA) is 81.4 Å². The molecular formula is C22H18N4O3. The summed E-state index contributed by atoms with van der Waals surface area (Å²) in [7, 11) is 0. The molecule has 0 N–H and O–H groups in total. The highest BCUT2D eigenvalue weighted by molar-refractivity contribution is 5.84. The summed E-state index contributed by atoms with van der Waals surface area (Å²) in [6.07, 6.45) is 1.69. The largest absolute Gasteiger partial charge is 0.484 e. The molecule has 0 aliphatic carbocycles. The predicted octanol–water partition coefficient (Wildman–Crippen LogP) is 3.29. The Hall–Kier alpha value is -3.74.